The largest absolute Gasteiger partial charge is 0.372 e. The fourth-order valence-electron chi connectivity index (χ4n) is 1.95. The first kappa shape index (κ1) is 13.6. The zero-order chi connectivity index (χ0) is 12.3. The molecule has 2 heteroatoms. The van der Waals surface area contributed by atoms with E-state index in [0.717, 1.165) is 17.6 Å². The van der Waals surface area contributed by atoms with Crippen LogP contribution >= 0.6 is 15.9 Å². The first-order valence-corrected chi connectivity index (χ1v) is 6.74. The smallest absolute Gasteiger partial charge is 0.0404 e. The summed E-state index contributed by atoms with van der Waals surface area (Å²) in [5.74, 6) is 0. The van der Waals surface area contributed by atoms with Crippen molar-refractivity contribution in [1.29, 1.82) is 0 Å². The molecule has 0 saturated heterocycles. The van der Waals surface area contributed by atoms with Crippen molar-refractivity contribution in [3.8, 4) is 0 Å². The highest BCUT2D eigenvalue weighted by Gasteiger charge is 2.20. The number of nitrogens with zero attached hydrogens (tertiary/aromatic N) is 1. The number of benzene rings is 1. The number of anilines is 1. The van der Waals surface area contributed by atoms with E-state index in [-0.39, 0.29) is 5.41 Å². The third-order valence-electron chi connectivity index (χ3n) is 2.87. The molecule has 0 heterocycles. The van der Waals surface area contributed by atoms with Gasteiger partial charge in [-0.25, -0.2) is 0 Å². The Morgan fingerprint density at radius 3 is 2.12 bits per heavy atom. The van der Waals surface area contributed by atoms with Gasteiger partial charge in [0.25, 0.3) is 0 Å². The highest BCUT2D eigenvalue weighted by Crippen LogP contribution is 2.34. The van der Waals surface area contributed by atoms with Gasteiger partial charge in [-0.15, -0.1) is 0 Å². The highest BCUT2D eigenvalue weighted by atomic mass is 79.9. The summed E-state index contributed by atoms with van der Waals surface area (Å²) in [5, 5.41) is 0. The molecule has 0 N–H and O–H groups in total. The fraction of sp³-hybridized carbons (Fsp3) is 0.571. The van der Waals surface area contributed by atoms with E-state index in [1.54, 1.807) is 0 Å². The van der Waals surface area contributed by atoms with E-state index in [0.29, 0.717) is 0 Å². The van der Waals surface area contributed by atoms with Gasteiger partial charge in [0.05, 0.1) is 0 Å². The van der Waals surface area contributed by atoms with Gasteiger partial charge in [-0.05, 0) is 43.0 Å². The predicted molar refractivity (Wildman–Crippen MR) is 76.4 cm³/mol. The second kappa shape index (κ2) is 5.22. The van der Waals surface area contributed by atoms with Gasteiger partial charge >= 0.3 is 0 Å². The van der Waals surface area contributed by atoms with Crippen LogP contribution in [-0.2, 0) is 5.41 Å². The zero-order valence-corrected chi connectivity index (χ0v) is 12.6. The lowest BCUT2D eigenvalue weighted by molar-refractivity contribution is 0.587. The number of rotatable bonds is 3. The van der Waals surface area contributed by atoms with Crippen LogP contribution in [0.3, 0.4) is 0 Å². The summed E-state index contributed by atoms with van der Waals surface area (Å²) < 4.78 is 1.16. The lowest BCUT2D eigenvalue weighted by atomic mass is 9.85. The minimum atomic E-state index is 0.182. The third kappa shape index (κ3) is 3.00. The van der Waals surface area contributed by atoms with Crippen LogP contribution in [0.5, 0.6) is 0 Å². The highest BCUT2D eigenvalue weighted by molar-refractivity contribution is 9.10. The SMILES string of the molecule is CCN(CC)c1ccc(Br)cc1C(C)(C)C. The van der Waals surface area contributed by atoms with Crippen molar-refractivity contribution in [2.75, 3.05) is 18.0 Å². The standard InChI is InChI=1S/C14H22BrN/c1-6-16(7-2)13-9-8-11(15)10-12(13)14(3,4)5/h8-10H,6-7H2,1-5H3. The Morgan fingerprint density at radius 2 is 1.69 bits per heavy atom. The Balaban J connectivity index is 3.27. The molecular formula is C14H22BrN. The van der Waals surface area contributed by atoms with Crippen LogP contribution in [0.4, 0.5) is 5.69 Å². The number of hydrogen-bond acceptors (Lipinski definition) is 1. The molecule has 0 saturated carbocycles. The van der Waals surface area contributed by atoms with Crippen molar-refractivity contribution in [3.05, 3.63) is 28.2 Å². The minimum absolute atomic E-state index is 0.182. The van der Waals surface area contributed by atoms with E-state index >= 15 is 0 Å². The molecular weight excluding hydrogens is 262 g/mol. The van der Waals surface area contributed by atoms with Crippen LogP contribution in [0, 0.1) is 0 Å². The van der Waals surface area contributed by atoms with Gasteiger partial charge in [0, 0.05) is 23.2 Å². The van der Waals surface area contributed by atoms with Crippen molar-refractivity contribution in [3.63, 3.8) is 0 Å². The van der Waals surface area contributed by atoms with Gasteiger partial charge in [0.2, 0.25) is 0 Å². The summed E-state index contributed by atoms with van der Waals surface area (Å²) in [7, 11) is 0. The summed E-state index contributed by atoms with van der Waals surface area (Å²) in [6.45, 7) is 13.3. The molecule has 0 fully saturated rings. The third-order valence-corrected chi connectivity index (χ3v) is 3.36. The Kier molecular flexibility index (Phi) is 4.43. The molecule has 0 spiro atoms. The molecule has 1 nitrogen and oxygen atoms in total. The second-order valence-electron chi connectivity index (χ2n) is 5.08. The Bertz CT molecular complexity index is 348. The monoisotopic (exact) mass is 283 g/mol. The molecule has 90 valence electrons. The van der Waals surface area contributed by atoms with Gasteiger partial charge in [0.1, 0.15) is 0 Å². The molecule has 0 radical (unpaired) electrons. The maximum Gasteiger partial charge on any atom is 0.0404 e. The average Bonchev–Trinajstić information content (AvgIpc) is 2.20. The lowest BCUT2D eigenvalue weighted by Crippen LogP contribution is -2.26. The van der Waals surface area contributed by atoms with Gasteiger partial charge in [0.15, 0.2) is 0 Å². The van der Waals surface area contributed by atoms with E-state index in [2.05, 4.69) is 73.6 Å². The van der Waals surface area contributed by atoms with Gasteiger partial charge < -0.3 is 4.90 Å². The van der Waals surface area contributed by atoms with Crippen LogP contribution in [0.1, 0.15) is 40.2 Å². The molecule has 1 aromatic carbocycles. The van der Waals surface area contributed by atoms with Gasteiger partial charge in [-0.2, -0.15) is 0 Å². The van der Waals surface area contributed by atoms with Crippen LogP contribution in [0.2, 0.25) is 0 Å². The normalized spacial score (nSPS) is 11.6. The molecule has 16 heavy (non-hydrogen) atoms. The van der Waals surface area contributed by atoms with E-state index in [1.165, 1.54) is 11.3 Å². The number of halogens is 1. The van der Waals surface area contributed by atoms with Crippen molar-refractivity contribution in [2.45, 2.75) is 40.0 Å². The first-order valence-electron chi connectivity index (χ1n) is 5.95. The summed E-state index contributed by atoms with van der Waals surface area (Å²) in [4.78, 5) is 2.41. The number of hydrogen-bond donors (Lipinski definition) is 0. The minimum Gasteiger partial charge on any atom is -0.372 e. The van der Waals surface area contributed by atoms with E-state index in [1.807, 2.05) is 0 Å². The summed E-state index contributed by atoms with van der Waals surface area (Å²) >= 11 is 3.56. The van der Waals surface area contributed by atoms with Crippen LogP contribution < -0.4 is 4.90 Å². The fourth-order valence-corrected chi connectivity index (χ4v) is 2.31. The summed E-state index contributed by atoms with van der Waals surface area (Å²) in [5.41, 5.74) is 2.95. The van der Waals surface area contributed by atoms with E-state index in [4.69, 9.17) is 0 Å². The van der Waals surface area contributed by atoms with Crippen LogP contribution in [0.15, 0.2) is 22.7 Å². The van der Waals surface area contributed by atoms with Crippen molar-refractivity contribution in [1.82, 2.24) is 0 Å². The molecule has 0 atom stereocenters. The lowest BCUT2D eigenvalue weighted by Gasteiger charge is -2.30. The van der Waals surface area contributed by atoms with Gasteiger partial charge in [-0.3, -0.25) is 0 Å². The average molecular weight is 284 g/mol. The molecule has 1 rings (SSSR count). The molecule has 0 aliphatic rings. The molecule has 0 bridgehead atoms. The molecule has 1 aromatic rings. The maximum absolute atomic E-state index is 3.56. The Labute approximate surface area is 108 Å². The second-order valence-corrected chi connectivity index (χ2v) is 6.00. The Hall–Kier alpha value is -0.500. The topological polar surface area (TPSA) is 3.24 Å². The molecule has 0 aromatic heterocycles. The predicted octanol–water partition coefficient (Wildman–Crippen LogP) is 4.59. The van der Waals surface area contributed by atoms with Crippen molar-refractivity contribution in [2.24, 2.45) is 0 Å². The molecule has 0 aliphatic carbocycles. The quantitative estimate of drug-likeness (QED) is 0.784. The first-order chi connectivity index (χ1) is 7.40. The van der Waals surface area contributed by atoms with E-state index in [9.17, 15) is 0 Å². The molecule has 0 amide bonds. The molecule has 0 unspecified atom stereocenters. The van der Waals surface area contributed by atoms with E-state index < -0.39 is 0 Å². The van der Waals surface area contributed by atoms with Crippen LogP contribution in [-0.4, -0.2) is 13.1 Å². The summed E-state index contributed by atoms with van der Waals surface area (Å²) in [6.07, 6.45) is 0. The molecule has 0 aliphatic heterocycles. The maximum atomic E-state index is 3.56. The zero-order valence-electron chi connectivity index (χ0n) is 11.0. The summed E-state index contributed by atoms with van der Waals surface area (Å²) in [6, 6.07) is 6.59. The van der Waals surface area contributed by atoms with Crippen molar-refractivity contribution < 1.29 is 0 Å². The van der Waals surface area contributed by atoms with Gasteiger partial charge in [-0.1, -0.05) is 36.7 Å². The Morgan fingerprint density at radius 1 is 1.12 bits per heavy atom. The van der Waals surface area contributed by atoms with Crippen molar-refractivity contribution >= 4 is 21.6 Å². The van der Waals surface area contributed by atoms with Crippen LogP contribution in [0.25, 0.3) is 0 Å².